The molecule has 0 radical (unpaired) electrons. The molecule has 0 bridgehead atoms. The van der Waals surface area contributed by atoms with Crippen LogP contribution in [-0.4, -0.2) is 52.9 Å². The number of benzene rings is 2. The first-order valence-corrected chi connectivity index (χ1v) is 19.5. The van der Waals surface area contributed by atoms with Gasteiger partial charge in [-0.15, -0.1) is 0 Å². The molecule has 0 aliphatic heterocycles. The van der Waals surface area contributed by atoms with Crippen molar-refractivity contribution in [1.82, 2.24) is 5.32 Å². The number of aryl methyl sites for hydroxylation is 2. The van der Waals surface area contributed by atoms with Crippen molar-refractivity contribution < 1.29 is 34.1 Å². The van der Waals surface area contributed by atoms with Crippen molar-refractivity contribution in [2.75, 3.05) is 6.54 Å². The van der Waals surface area contributed by atoms with Gasteiger partial charge in [-0.25, -0.2) is 9.59 Å². The van der Waals surface area contributed by atoms with Gasteiger partial charge in [0.05, 0.1) is 18.6 Å². The van der Waals surface area contributed by atoms with Crippen LogP contribution in [0.4, 0.5) is 0 Å². The predicted molar refractivity (Wildman–Crippen MR) is 191 cm³/mol. The van der Waals surface area contributed by atoms with E-state index >= 15 is 0 Å². The average Bonchev–Trinajstić information content (AvgIpc) is 3.60. The second kappa shape index (κ2) is 13.3. The van der Waals surface area contributed by atoms with E-state index in [1.54, 1.807) is 0 Å². The van der Waals surface area contributed by atoms with Crippen LogP contribution >= 0.6 is 0 Å². The summed E-state index contributed by atoms with van der Waals surface area (Å²) in [5.41, 5.74) is 11.2. The smallest absolute Gasteiger partial charge is 0.330 e. The summed E-state index contributed by atoms with van der Waals surface area (Å²) in [6, 6.07) is 10.6. The summed E-state index contributed by atoms with van der Waals surface area (Å²) >= 11 is 0. The molecule has 0 saturated heterocycles. The fourth-order valence-corrected chi connectivity index (χ4v) is 12.1. The Morgan fingerprint density at radius 1 is 0.765 bits per heavy atom. The second-order valence-corrected chi connectivity index (χ2v) is 17.3. The highest BCUT2D eigenvalue weighted by Crippen LogP contribution is 2.62. The van der Waals surface area contributed by atoms with Gasteiger partial charge in [0.2, 0.25) is 5.91 Å². The maximum absolute atomic E-state index is 12.9. The van der Waals surface area contributed by atoms with E-state index in [4.69, 9.17) is 15.2 Å². The third-order valence-corrected chi connectivity index (χ3v) is 14.9. The number of aliphatic hydroxyl groups is 2. The zero-order valence-electron chi connectivity index (χ0n) is 30.1. The normalized spacial score (nSPS) is 36.6. The molecule has 11 atom stereocenters. The molecule has 0 spiro atoms. The molecule has 51 heavy (non-hydrogen) atoms. The Morgan fingerprint density at radius 2 is 1.27 bits per heavy atom. The summed E-state index contributed by atoms with van der Waals surface area (Å²) in [5, 5.41) is 23.9. The van der Waals surface area contributed by atoms with Crippen LogP contribution in [0.1, 0.15) is 119 Å². The minimum Gasteiger partial charge on any atom is -0.425 e. The van der Waals surface area contributed by atoms with Crippen LogP contribution in [0.25, 0.3) is 0 Å². The van der Waals surface area contributed by atoms with E-state index in [0.717, 1.165) is 77.0 Å². The van der Waals surface area contributed by atoms with Gasteiger partial charge < -0.3 is 30.7 Å². The Balaban J connectivity index is 0.803. The highest BCUT2D eigenvalue weighted by atomic mass is 16.5. The van der Waals surface area contributed by atoms with Crippen molar-refractivity contribution in [3.8, 4) is 11.5 Å². The van der Waals surface area contributed by atoms with Gasteiger partial charge in [-0.1, -0.05) is 26.0 Å². The summed E-state index contributed by atoms with van der Waals surface area (Å²) in [4.78, 5) is 38.1. The second-order valence-electron chi connectivity index (χ2n) is 17.3. The topological polar surface area (TPSA) is 148 Å². The lowest BCUT2D eigenvalue weighted by Crippen LogP contribution is -2.44. The van der Waals surface area contributed by atoms with Crippen molar-refractivity contribution in [3.63, 3.8) is 0 Å². The van der Waals surface area contributed by atoms with Crippen molar-refractivity contribution in [2.24, 2.45) is 40.2 Å². The van der Waals surface area contributed by atoms with Crippen LogP contribution in [-0.2, 0) is 27.2 Å². The van der Waals surface area contributed by atoms with Crippen molar-refractivity contribution in [3.05, 3.63) is 58.7 Å². The van der Waals surface area contributed by atoms with Crippen molar-refractivity contribution in [1.29, 1.82) is 0 Å². The molecule has 7 unspecified atom stereocenters. The maximum Gasteiger partial charge on any atom is 0.330 e. The average molecular weight is 699 g/mol. The monoisotopic (exact) mass is 698 g/mol. The van der Waals surface area contributed by atoms with Gasteiger partial charge in [0.25, 0.3) is 0 Å². The lowest BCUT2D eigenvalue weighted by atomic mass is 9.55. The number of hydrogen-bond acceptors (Lipinski definition) is 8. The number of carbonyl (C=O) groups excluding carboxylic acids is 3. The predicted octanol–water partition coefficient (Wildman–Crippen LogP) is 5.47. The third-order valence-electron chi connectivity index (χ3n) is 14.9. The number of hydrogen-bond donors (Lipinski definition) is 4. The largest absolute Gasteiger partial charge is 0.425 e. The first kappa shape index (κ1) is 34.8. The Kier molecular flexibility index (Phi) is 9.07. The van der Waals surface area contributed by atoms with E-state index in [9.17, 15) is 24.6 Å². The number of amides is 1. The minimum atomic E-state index is -1.18. The number of carbonyl (C=O) groups is 3. The van der Waals surface area contributed by atoms with E-state index in [-0.39, 0.29) is 36.0 Å². The molecule has 274 valence electrons. The zero-order valence-corrected chi connectivity index (χ0v) is 30.1. The Bertz CT molecular complexity index is 1710. The Morgan fingerprint density at radius 3 is 1.80 bits per heavy atom. The molecule has 9 heteroatoms. The van der Waals surface area contributed by atoms with Crippen LogP contribution < -0.4 is 20.5 Å². The molecule has 8 rings (SSSR count). The molecule has 5 N–H and O–H groups in total. The molecule has 6 aliphatic rings. The summed E-state index contributed by atoms with van der Waals surface area (Å²) in [5.74, 6) is 2.29. The van der Waals surface area contributed by atoms with E-state index in [2.05, 4.69) is 31.3 Å². The number of fused-ring (bicyclic) bond motifs is 10. The first-order valence-electron chi connectivity index (χ1n) is 19.5. The summed E-state index contributed by atoms with van der Waals surface area (Å²) in [6.45, 7) is 4.22. The van der Waals surface area contributed by atoms with Gasteiger partial charge in [0.15, 0.2) is 0 Å². The first-order chi connectivity index (χ1) is 24.4. The van der Waals surface area contributed by atoms with Crippen LogP contribution in [0.15, 0.2) is 36.4 Å². The summed E-state index contributed by atoms with van der Waals surface area (Å²) in [6.07, 6.45) is 11.5. The molecule has 0 aromatic heterocycles. The Labute approximate surface area is 301 Å². The summed E-state index contributed by atoms with van der Waals surface area (Å²) in [7, 11) is 0. The van der Waals surface area contributed by atoms with Gasteiger partial charge in [-0.05, 0) is 170 Å². The third kappa shape index (κ3) is 6.11. The highest BCUT2D eigenvalue weighted by molar-refractivity contribution is 5.88. The molecule has 4 fully saturated rings. The number of rotatable bonds is 7. The molecule has 9 nitrogen and oxygen atoms in total. The standard InChI is InChI=1S/C42H54N2O7/c1-41-17-15-29-27-9-5-25(19-23(27)3-7-31(29)33(41)11-13-36(41)45)50-39(48)22-44-38(47)21-35(43)40(49)51-26-6-10-28-24(20-26)4-8-32-30(28)16-18-42(2)34(32)12-14-37(42)46/h5-6,9-10,19-20,29-37,45-46H,3-4,7-8,11-18,21-22,43H2,1-2H3,(H,44,47)/t29?,30?,31?,32?,33?,34?,35?,36-,37-,41-,42-/m0/s1. The number of ether oxygens (including phenoxy) is 2. The Hall–Kier alpha value is -3.27. The molecule has 6 aliphatic carbocycles. The van der Waals surface area contributed by atoms with Crippen molar-refractivity contribution >= 4 is 17.8 Å². The van der Waals surface area contributed by atoms with Gasteiger partial charge in [-0.2, -0.15) is 0 Å². The van der Waals surface area contributed by atoms with E-state index in [0.29, 0.717) is 47.0 Å². The van der Waals surface area contributed by atoms with Gasteiger partial charge in [0, 0.05) is 0 Å². The highest BCUT2D eigenvalue weighted by Gasteiger charge is 2.55. The lowest BCUT2D eigenvalue weighted by Gasteiger charge is -2.50. The molecule has 2 aromatic rings. The van der Waals surface area contributed by atoms with E-state index in [1.807, 2.05) is 24.3 Å². The van der Waals surface area contributed by atoms with Gasteiger partial charge >= 0.3 is 11.9 Å². The number of nitrogens with one attached hydrogen (secondary N) is 1. The minimum absolute atomic E-state index is 0.0311. The number of esters is 2. The van der Waals surface area contributed by atoms with Crippen LogP contribution in [0, 0.1) is 34.5 Å². The quantitative estimate of drug-likeness (QED) is 0.220. The SMILES string of the molecule is C[C@]12CCC3c4ccc(OC(=O)CNC(=O)CC(N)C(=O)Oc5ccc6c(c5)CCC5C6CC[C@@]6(C)C5CC[C@@H]6O)cc4CCC3C1CC[C@@H]2O. The van der Waals surface area contributed by atoms with E-state index in [1.165, 1.54) is 22.3 Å². The lowest BCUT2D eigenvalue weighted by molar-refractivity contribution is -0.138. The van der Waals surface area contributed by atoms with Crippen LogP contribution in [0.3, 0.4) is 0 Å². The fourth-order valence-electron chi connectivity index (χ4n) is 12.1. The van der Waals surface area contributed by atoms with Gasteiger partial charge in [0.1, 0.15) is 24.1 Å². The van der Waals surface area contributed by atoms with Crippen LogP contribution in [0.5, 0.6) is 11.5 Å². The zero-order chi connectivity index (χ0) is 35.7. The molecule has 4 saturated carbocycles. The molecular weight excluding hydrogens is 644 g/mol. The summed E-state index contributed by atoms with van der Waals surface area (Å²) < 4.78 is 11.2. The molecular formula is C42H54N2O7. The van der Waals surface area contributed by atoms with Crippen molar-refractivity contribution in [2.45, 2.75) is 127 Å². The molecule has 1 amide bonds. The van der Waals surface area contributed by atoms with Gasteiger partial charge in [-0.3, -0.25) is 4.79 Å². The molecule has 2 aromatic carbocycles. The molecule has 0 heterocycles. The van der Waals surface area contributed by atoms with E-state index < -0.39 is 23.9 Å². The number of nitrogens with two attached hydrogens (primary N) is 1. The maximum atomic E-state index is 12.9. The number of aliphatic hydroxyl groups excluding tert-OH is 2. The van der Waals surface area contributed by atoms with Crippen LogP contribution in [0.2, 0.25) is 0 Å². The fraction of sp³-hybridized carbons (Fsp3) is 0.643.